The van der Waals surface area contributed by atoms with Crippen molar-refractivity contribution >= 4 is 0 Å². The maximum absolute atomic E-state index is 5.51. The second kappa shape index (κ2) is 6.86. The molecule has 0 bridgehead atoms. The molecule has 0 saturated heterocycles. The Balaban J connectivity index is 2.11. The molecule has 2 aromatic heterocycles. The summed E-state index contributed by atoms with van der Waals surface area (Å²) in [6.07, 6.45) is 6.35. The van der Waals surface area contributed by atoms with Crippen LogP contribution in [0.5, 0.6) is 5.75 Å². The van der Waals surface area contributed by atoms with Gasteiger partial charge in [-0.3, -0.25) is 0 Å². The van der Waals surface area contributed by atoms with Gasteiger partial charge in [0.05, 0.1) is 19.5 Å². The average Bonchev–Trinajstić information content (AvgIpc) is 3.23. The summed E-state index contributed by atoms with van der Waals surface area (Å²) in [4.78, 5) is 8.95. The zero-order valence-corrected chi connectivity index (χ0v) is 14.5. The van der Waals surface area contributed by atoms with E-state index in [0.29, 0.717) is 5.92 Å². The van der Waals surface area contributed by atoms with Gasteiger partial charge < -0.3 is 9.30 Å². The fourth-order valence-corrected chi connectivity index (χ4v) is 2.70. The average molecular weight is 325 g/mol. The van der Waals surface area contributed by atoms with Gasteiger partial charge in [-0.1, -0.05) is 26.0 Å². The van der Waals surface area contributed by atoms with Crippen LogP contribution in [-0.4, -0.2) is 31.4 Å². The first-order valence-corrected chi connectivity index (χ1v) is 8.16. The van der Waals surface area contributed by atoms with Crippen LogP contribution in [-0.2, 0) is 6.42 Å². The molecule has 0 fully saturated rings. The molecule has 0 radical (unpaired) electrons. The molecule has 1 atom stereocenters. The van der Waals surface area contributed by atoms with E-state index in [2.05, 4.69) is 25.8 Å². The number of imidazole rings is 1. The number of aromatic nitrogens is 5. The smallest absolute Gasteiger partial charge is 0.155 e. The molecule has 0 saturated carbocycles. The van der Waals surface area contributed by atoms with Gasteiger partial charge in [0.2, 0.25) is 0 Å². The normalized spacial score (nSPS) is 12.5. The van der Waals surface area contributed by atoms with Gasteiger partial charge in [0, 0.05) is 18.8 Å². The molecule has 2 heterocycles. The number of methoxy groups -OCH3 is 1. The summed E-state index contributed by atoms with van der Waals surface area (Å²) >= 11 is 0. The fraction of sp³-hybridized carbons (Fsp3) is 0.389. The van der Waals surface area contributed by atoms with Gasteiger partial charge in [-0.15, -0.1) is 0 Å². The lowest BCUT2D eigenvalue weighted by Crippen LogP contribution is -2.13. The number of nitrogens with zero attached hydrogens (tertiary/aromatic N) is 5. The summed E-state index contributed by atoms with van der Waals surface area (Å²) in [5.74, 6) is 2.98. The highest BCUT2D eigenvalue weighted by Gasteiger charge is 2.21. The molecular weight excluding hydrogens is 302 g/mol. The van der Waals surface area contributed by atoms with E-state index in [1.54, 1.807) is 19.6 Å². The molecule has 1 aromatic carbocycles. The summed E-state index contributed by atoms with van der Waals surface area (Å²) in [5.41, 5.74) is 0.893. The van der Waals surface area contributed by atoms with Crippen LogP contribution in [0, 0.1) is 5.92 Å². The van der Waals surface area contributed by atoms with Gasteiger partial charge in [-0.05, 0) is 25.0 Å². The lowest BCUT2D eigenvalue weighted by molar-refractivity contribution is 0.410. The van der Waals surface area contributed by atoms with Crippen molar-refractivity contribution in [3.8, 4) is 11.4 Å². The molecule has 0 amide bonds. The third-order valence-corrected chi connectivity index (χ3v) is 3.93. The first-order valence-electron chi connectivity index (χ1n) is 8.16. The Labute approximate surface area is 142 Å². The van der Waals surface area contributed by atoms with Crippen LogP contribution in [0.1, 0.15) is 38.5 Å². The second-order valence-corrected chi connectivity index (χ2v) is 6.25. The highest BCUT2D eigenvalue weighted by molar-refractivity contribution is 5.46. The standard InChI is InChI=1S/C18H23N5O/c1-13(2)11-17-20-18(14(3)22-10-9-19-12-22)23(21-17)15-7-5-6-8-16(15)24-4/h5-10,12-14H,11H2,1-4H3/t14-/m0/s1. The summed E-state index contributed by atoms with van der Waals surface area (Å²) in [6, 6.07) is 7.88. The van der Waals surface area contributed by atoms with E-state index in [4.69, 9.17) is 14.8 Å². The van der Waals surface area contributed by atoms with Gasteiger partial charge >= 0.3 is 0 Å². The Morgan fingerprint density at radius 3 is 2.62 bits per heavy atom. The Bertz CT molecular complexity index is 792. The molecule has 0 aliphatic heterocycles. The van der Waals surface area contributed by atoms with Crippen molar-refractivity contribution in [1.82, 2.24) is 24.3 Å². The zero-order valence-electron chi connectivity index (χ0n) is 14.5. The van der Waals surface area contributed by atoms with Gasteiger partial charge in [0.1, 0.15) is 11.4 Å². The summed E-state index contributed by atoms with van der Waals surface area (Å²) < 4.78 is 9.42. The monoisotopic (exact) mass is 325 g/mol. The van der Waals surface area contributed by atoms with E-state index in [1.807, 2.05) is 39.7 Å². The number of rotatable bonds is 6. The Morgan fingerprint density at radius 2 is 1.96 bits per heavy atom. The van der Waals surface area contributed by atoms with E-state index < -0.39 is 0 Å². The van der Waals surface area contributed by atoms with E-state index in [1.165, 1.54) is 0 Å². The second-order valence-electron chi connectivity index (χ2n) is 6.25. The number of ether oxygens (including phenoxy) is 1. The molecule has 126 valence electrons. The minimum absolute atomic E-state index is 0.0193. The Morgan fingerprint density at radius 1 is 1.17 bits per heavy atom. The number of para-hydroxylation sites is 2. The predicted octanol–water partition coefficient (Wildman–Crippen LogP) is 3.28. The van der Waals surface area contributed by atoms with Crippen LogP contribution in [0.3, 0.4) is 0 Å². The molecule has 3 aromatic rings. The van der Waals surface area contributed by atoms with Crippen molar-refractivity contribution in [2.75, 3.05) is 7.11 Å². The molecule has 0 aliphatic rings. The van der Waals surface area contributed by atoms with Crippen LogP contribution in [0.15, 0.2) is 43.0 Å². The van der Waals surface area contributed by atoms with Crippen molar-refractivity contribution in [3.05, 3.63) is 54.6 Å². The van der Waals surface area contributed by atoms with Crippen LogP contribution in [0.25, 0.3) is 5.69 Å². The molecule has 0 aliphatic carbocycles. The summed E-state index contributed by atoms with van der Waals surface area (Å²) in [6.45, 7) is 6.43. The van der Waals surface area contributed by atoms with Crippen LogP contribution in [0.4, 0.5) is 0 Å². The molecule has 24 heavy (non-hydrogen) atoms. The van der Waals surface area contributed by atoms with E-state index in [0.717, 1.165) is 29.5 Å². The van der Waals surface area contributed by atoms with Gasteiger partial charge in [0.25, 0.3) is 0 Å². The van der Waals surface area contributed by atoms with Gasteiger partial charge in [-0.25, -0.2) is 14.6 Å². The molecular formula is C18H23N5O. The Hall–Kier alpha value is -2.63. The van der Waals surface area contributed by atoms with Crippen LogP contribution in [0.2, 0.25) is 0 Å². The van der Waals surface area contributed by atoms with Crippen molar-refractivity contribution < 1.29 is 4.74 Å². The molecule has 0 spiro atoms. The van der Waals surface area contributed by atoms with Crippen LogP contribution < -0.4 is 4.74 Å². The third kappa shape index (κ3) is 3.18. The molecule has 0 unspecified atom stereocenters. The molecule has 6 heteroatoms. The largest absolute Gasteiger partial charge is 0.494 e. The first-order chi connectivity index (χ1) is 11.6. The van der Waals surface area contributed by atoms with Crippen molar-refractivity contribution in [2.24, 2.45) is 5.92 Å². The highest BCUT2D eigenvalue weighted by atomic mass is 16.5. The predicted molar refractivity (Wildman–Crippen MR) is 92.5 cm³/mol. The maximum atomic E-state index is 5.51. The highest BCUT2D eigenvalue weighted by Crippen LogP contribution is 2.26. The van der Waals surface area contributed by atoms with Crippen molar-refractivity contribution in [3.63, 3.8) is 0 Å². The SMILES string of the molecule is COc1ccccc1-n1nc(CC(C)C)nc1[C@H](C)n1ccnc1. The van der Waals surface area contributed by atoms with Gasteiger partial charge in [-0.2, -0.15) is 5.10 Å². The lowest BCUT2D eigenvalue weighted by Gasteiger charge is -2.15. The summed E-state index contributed by atoms with van der Waals surface area (Å²) in [7, 11) is 1.67. The number of benzene rings is 1. The maximum Gasteiger partial charge on any atom is 0.155 e. The molecule has 0 N–H and O–H groups in total. The van der Waals surface area contributed by atoms with E-state index in [9.17, 15) is 0 Å². The third-order valence-electron chi connectivity index (χ3n) is 3.93. The topological polar surface area (TPSA) is 57.8 Å². The lowest BCUT2D eigenvalue weighted by atomic mass is 10.1. The minimum Gasteiger partial charge on any atom is -0.494 e. The van der Waals surface area contributed by atoms with Gasteiger partial charge in [0.15, 0.2) is 11.6 Å². The number of hydrogen-bond donors (Lipinski definition) is 0. The van der Waals surface area contributed by atoms with E-state index in [-0.39, 0.29) is 6.04 Å². The molecule has 3 rings (SSSR count). The van der Waals surface area contributed by atoms with Crippen LogP contribution >= 0.6 is 0 Å². The summed E-state index contributed by atoms with van der Waals surface area (Å²) in [5, 5.41) is 4.75. The van der Waals surface area contributed by atoms with Crippen molar-refractivity contribution in [1.29, 1.82) is 0 Å². The quantitative estimate of drug-likeness (QED) is 0.698. The number of hydrogen-bond acceptors (Lipinski definition) is 4. The van der Waals surface area contributed by atoms with E-state index >= 15 is 0 Å². The minimum atomic E-state index is 0.0193. The Kier molecular flexibility index (Phi) is 4.64. The zero-order chi connectivity index (χ0) is 17.1. The first kappa shape index (κ1) is 16.2. The molecule has 6 nitrogen and oxygen atoms in total. The fourth-order valence-electron chi connectivity index (χ4n) is 2.70. The van der Waals surface area contributed by atoms with Crippen molar-refractivity contribution in [2.45, 2.75) is 33.2 Å².